The largest absolute Gasteiger partial charge is 0.497 e. The number of hydrogen-bond acceptors (Lipinski definition) is 6. The molecule has 0 radical (unpaired) electrons. The van der Waals surface area contributed by atoms with Crippen molar-refractivity contribution in [3.63, 3.8) is 0 Å². The molecule has 0 saturated carbocycles. The zero-order valence-corrected chi connectivity index (χ0v) is 14.8. The van der Waals surface area contributed by atoms with Gasteiger partial charge in [0.25, 0.3) is 0 Å². The first-order chi connectivity index (χ1) is 12.7. The summed E-state index contributed by atoms with van der Waals surface area (Å²) in [6, 6.07) is 10.9. The minimum absolute atomic E-state index is 0.0557. The van der Waals surface area contributed by atoms with Gasteiger partial charge in [0.05, 0.1) is 32.5 Å². The molecule has 1 aliphatic rings. The van der Waals surface area contributed by atoms with Crippen LogP contribution in [0.25, 0.3) is 0 Å². The first-order valence-electron chi connectivity index (χ1n) is 8.67. The molecule has 3 rings (SSSR count). The number of carbonyl (C=O) groups is 1. The number of Topliss-reactive ketones (excluding diaryl/α,β-unsaturated/α-hetero) is 1. The fraction of sp³-hybridized carbons (Fsp3) is 0.350. The molecule has 2 N–H and O–H groups in total. The van der Waals surface area contributed by atoms with Crippen LogP contribution in [0.5, 0.6) is 23.0 Å². The quantitative estimate of drug-likeness (QED) is 0.575. The van der Waals surface area contributed by atoms with Gasteiger partial charge in [-0.3, -0.25) is 4.79 Å². The first kappa shape index (κ1) is 17.9. The number of unbranched alkanes of at least 4 members (excludes halogenated alkanes) is 1. The second-order valence-electron chi connectivity index (χ2n) is 5.96. The third-order valence-electron chi connectivity index (χ3n) is 4.16. The van der Waals surface area contributed by atoms with Gasteiger partial charge < -0.3 is 24.7 Å². The van der Waals surface area contributed by atoms with Crippen LogP contribution in [0.3, 0.4) is 0 Å². The number of hydrogen-bond donors (Lipinski definition) is 1. The van der Waals surface area contributed by atoms with Crippen LogP contribution in [-0.4, -0.2) is 32.7 Å². The number of nitrogens with two attached hydrogens (primary N) is 1. The normalized spacial score (nSPS) is 12.9. The Kier molecular flexibility index (Phi) is 5.84. The molecule has 0 unspecified atom stereocenters. The van der Waals surface area contributed by atoms with Gasteiger partial charge in [0, 0.05) is 6.42 Å². The summed E-state index contributed by atoms with van der Waals surface area (Å²) < 4.78 is 22.0. The molecule has 2 aromatic rings. The predicted octanol–water partition coefficient (Wildman–Crippen LogP) is 3.48. The summed E-state index contributed by atoms with van der Waals surface area (Å²) in [5.74, 6) is 2.67. The molecular formula is C20H23NO5. The summed E-state index contributed by atoms with van der Waals surface area (Å²) in [6.07, 6.45) is 2.07. The van der Waals surface area contributed by atoms with E-state index in [1.165, 1.54) is 0 Å². The maximum Gasteiger partial charge on any atom is 0.170 e. The number of nitrogen functional groups attached to an aromatic ring is 1. The standard InChI is InChI=1S/C20H23NO5/c1-23-14-4-6-15(7-5-14)24-11-2-3-12-25-18-9-8-16-17(22)10-13-26-20(16)19(18)21/h4-9H,2-3,10-13,21H2,1H3. The van der Waals surface area contributed by atoms with Gasteiger partial charge in [-0.1, -0.05) is 0 Å². The topological polar surface area (TPSA) is 80.0 Å². The summed E-state index contributed by atoms with van der Waals surface area (Å²) in [4.78, 5) is 11.8. The van der Waals surface area contributed by atoms with Crippen LogP contribution in [0.1, 0.15) is 29.6 Å². The van der Waals surface area contributed by atoms with Crippen molar-refractivity contribution in [2.24, 2.45) is 0 Å². The van der Waals surface area contributed by atoms with Gasteiger partial charge in [-0.15, -0.1) is 0 Å². The lowest BCUT2D eigenvalue weighted by atomic mass is 10.0. The highest BCUT2D eigenvalue weighted by atomic mass is 16.5. The Labute approximate surface area is 152 Å². The third kappa shape index (κ3) is 4.20. The summed E-state index contributed by atoms with van der Waals surface area (Å²) in [5.41, 5.74) is 7.00. The van der Waals surface area contributed by atoms with E-state index in [1.807, 2.05) is 24.3 Å². The lowest BCUT2D eigenvalue weighted by Crippen LogP contribution is -2.17. The average Bonchev–Trinajstić information content (AvgIpc) is 2.67. The molecule has 6 nitrogen and oxygen atoms in total. The van der Waals surface area contributed by atoms with Crippen LogP contribution in [-0.2, 0) is 0 Å². The number of ether oxygens (including phenoxy) is 4. The van der Waals surface area contributed by atoms with E-state index in [-0.39, 0.29) is 5.78 Å². The molecule has 0 fully saturated rings. The van der Waals surface area contributed by atoms with E-state index in [0.717, 1.165) is 24.3 Å². The molecule has 0 bridgehead atoms. The van der Waals surface area contributed by atoms with E-state index in [2.05, 4.69) is 0 Å². The number of rotatable bonds is 8. The van der Waals surface area contributed by atoms with Crippen molar-refractivity contribution in [1.82, 2.24) is 0 Å². The van der Waals surface area contributed by atoms with Crippen molar-refractivity contribution in [3.8, 4) is 23.0 Å². The van der Waals surface area contributed by atoms with Crippen molar-refractivity contribution in [2.75, 3.05) is 32.7 Å². The molecule has 0 atom stereocenters. The lowest BCUT2D eigenvalue weighted by Gasteiger charge is -2.20. The Bertz CT molecular complexity index is 758. The van der Waals surface area contributed by atoms with E-state index < -0.39 is 0 Å². The van der Waals surface area contributed by atoms with E-state index in [1.54, 1.807) is 19.2 Å². The Morgan fingerprint density at radius 2 is 1.69 bits per heavy atom. The van der Waals surface area contributed by atoms with Gasteiger partial charge in [-0.25, -0.2) is 0 Å². The molecule has 1 aliphatic heterocycles. The van der Waals surface area contributed by atoms with E-state index in [0.29, 0.717) is 49.0 Å². The highest BCUT2D eigenvalue weighted by Gasteiger charge is 2.22. The van der Waals surface area contributed by atoms with Gasteiger partial charge in [-0.05, 0) is 49.2 Å². The van der Waals surface area contributed by atoms with Gasteiger partial charge in [-0.2, -0.15) is 0 Å². The number of methoxy groups -OCH3 is 1. The molecule has 0 aliphatic carbocycles. The second-order valence-corrected chi connectivity index (χ2v) is 5.96. The Balaban J connectivity index is 1.42. The smallest absolute Gasteiger partial charge is 0.170 e. The highest BCUT2D eigenvalue weighted by Crippen LogP contribution is 2.37. The van der Waals surface area contributed by atoms with Crippen LogP contribution in [0.15, 0.2) is 36.4 Å². The summed E-state index contributed by atoms with van der Waals surface area (Å²) >= 11 is 0. The Morgan fingerprint density at radius 3 is 2.42 bits per heavy atom. The number of ketones is 1. The Morgan fingerprint density at radius 1 is 1.00 bits per heavy atom. The first-order valence-corrected chi connectivity index (χ1v) is 8.67. The fourth-order valence-electron chi connectivity index (χ4n) is 2.71. The van der Waals surface area contributed by atoms with Crippen LogP contribution in [0, 0.1) is 0 Å². The zero-order valence-electron chi connectivity index (χ0n) is 14.8. The van der Waals surface area contributed by atoms with E-state index >= 15 is 0 Å². The SMILES string of the molecule is COc1ccc(OCCCCOc2ccc3c(c2N)OCCC3=O)cc1. The molecule has 1 heterocycles. The number of fused-ring (bicyclic) bond motifs is 1. The number of benzene rings is 2. The average molecular weight is 357 g/mol. The van der Waals surface area contributed by atoms with Gasteiger partial charge in [0.1, 0.15) is 22.9 Å². The molecule has 26 heavy (non-hydrogen) atoms. The van der Waals surface area contributed by atoms with Gasteiger partial charge in [0.2, 0.25) is 0 Å². The van der Waals surface area contributed by atoms with Crippen molar-refractivity contribution in [2.45, 2.75) is 19.3 Å². The van der Waals surface area contributed by atoms with Crippen LogP contribution in [0.4, 0.5) is 5.69 Å². The maximum atomic E-state index is 11.8. The van der Waals surface area contributed by atoms with Gasteiger partial charge >= 0.3 is 0 Å². The maximum absolute atomic E-state index is 11.8. The predicted molar refractivity (Wildman–Crippen MR) is 98.5 cm³/mol. The number of anilines is 1. The Hall–Kier alpha value is -2.89. The summed E-state index contributed by atoms with van der Waals surface area (Å²) in [5, 5.41) is 0. The number of carbonyl (C=O) groups excluding carboxylic acids is 1. The second kappa shape index (κ2) is 8.47. The molecule has 2 aromatic carbocycles. The summed E-state index contributed by atoms with van der Waals surface area (Å²) in [6.45, 7) is 1.48. The van der Waals surface area contributed by atoms with Crippen LogP contribution < -0.4 is 24.7 Å². The zero-order chi connectivity index (χ0) is 18.4. The minimum Gasteiger partial charge on any atom is -0.497 e. The molecule has 138 valence electrons. The van der Waals surface area contributed by atoms with Crippen LogP contribution in [0.2, 0.25) is 0 Å². The monoisotopic (exact) mass is 357 g/mol. The molecule has 0 saturated heterocycles. The highest BCUT2D eigenvalue weighted by molar-refractivity contribution is 6.01. The molecule has 0 spiro atoms. The molecule has 0 aromatic heterocycles. The van der Waals surface area contributed by atoms with Crippen molar-refractivity contribution in [1.29, 1.82) is 0 Å². The fourth-order valence-corrected chi connectivity index (χ4v) is 2.71. The van der Waals surface area contributed by atoms with Crippen LogP contribution >= 0.6 is 0 Å². The van der Waals surface area contributed by atoms with Crippen molar-refractivity contribution in [3.05, 3.63) is 42.0 Å². The molecule has 6 heteroatoms. The lowest BCUT2D eigenvalue weighted by molar-refractivity contribution is 0.0934. The van der Waals surface area contributed by atoms with E-state index in [9.17, 15) is 4.79 Å². The summed E-state index contributed by atoms with van der Waals surface area (Å²) in [7, 11) is 1.63. The van der Waals surface area contributed by atoms with Crippen molar-refractivity contribution < 1.29 is 23.7 Å². The molecular weight excluding hydrogens is 334 g/mol. The molecule has 0 amide bonds. The van der Waals surface area contributed by atoms with E-state index in [4.69, 9.17) is 24.7 Å². The minimum atomic E-state index is 0.0557. The van der Waals surface area contributed by atoms with Gasteiger partial charge in [0.15, 0.2) is 11.5 Å². The third-order valence-corrected chi connectivity index (χ3v) is 4.16. The van der Waals surface area contributed by atoms with Crippen molar-refractivity contribution >= 4 is 11.5 Å².